The molecule has 0 heterocycles. The van der Waals surface area contributed by atoms with Crippen LogP contribution >= 0.6 is 12.4 Å². The normalized spacial score (nSPS) is 10.8. The Labute approximate surface area is 102 Å². The first-order valence-corrected chi connectivity index (χ1v) is 5.00. The third kappa shape index (κ3) is 4.64. The van der Waals surface area contributed by atoms with Crippen molar-refractivity contribution in [3.05, 3.63) is 41.7 Å². The Morgan fingerprint density at radius 3 is 2.44 bits per heavy atom. The van der Waals surface area contributed by atoms with E-state index in [-0.39, 0.29) is 19.0 Å². The number of rotatable bonds is 5. The molecule has 0 amide bonds. The molecule has 1 aromatic rings. The van der Waals surface area contributed by atoms with Crippen molar-refractivity contribution in [3.8, 4) is 5.75 Å². The fourth-order valence-electron chi connectivity index (χ4n) is 1.29. The number of hydrogen-bond acceptors (Lipinski definition) is 2. The molecule has 2 nitrogen and oxygen atoms in total. The van der Waals surface area contributed by atoms with Gasteiger partial charge >= 0.3 is 0 Å². The van der Waals surface area contributed by atoms with Crippen LogP contribution in [0.2, 0.25) is 0 Å². The fraction of sp³-hybridized carbons (Fsp3) is 0.333. The number of nitrogens with two attached hydrogens (primary N) is 1. The Bertz CT molecular complexity index is 324. The number of ether oxygens (including phenoxy) is 1. The van der Waals surface area contributed by atoms with E-state index >= 15 is 0 Å². The molecule has 0 aromatic heterocycles. The first-order chi connectivity index (χ1) is 7.30. The zero-order chi connectivity index (χ0) is 11.1. The van der Waals surface area contributed by atoms with Crippen LogP contribution in [-0.2, 0) is 6.42 Å². The van der Waals surface area contributed by atoms with Crippen molar-refractivity contribution in [2.45, 2.75) is 13.3 Å². The molecule has 0 atom stereocenters. The predicted molar refractivity (Wildman–Crippen MR) is 66.8 cm³/mol. The van der Waals surface area contributed by atoms with E-state index in [1.807, 2.05) is 31.2 Å². The van der Waals surface area contributed by atoms with Crippen molar-refractivity contribution in [3.63, 3.8) is 0 Å². The lowest BCUT2D eigenvalue weighted by Crippen LogP contribution is -2.05. The predicted octanol–water partition coefficient (Wildman–Crippen LogP) is 2.86. The van der Waals surface area contributed by atoms with Crippen molar-refractivity contribution < 1.29 is 9.13 Å². The Morgan fingerprint density at radius 1 is 1.38 bits per heavy atom. The van der Waals surface area contributed by atoms with Crippen molar-refractivity contribution in [1.29, 1.82) is 0 Å². The average Bonchev–Trinajstić information content (AvgIpc) is 2.28. The van der Waals surface area contributed by atoms with Crippen LogP contribution in [0, 0.1) is 0 Å². The molecular weight excluding hydrogens is 229 g/mol. The Kier molecular flexibility index (Phi) is 7.60. The Morgan fingerprint density at radius 2 is 2.00 bits per heavy atom. The van der Waals surface area contributed by atoms with Crippen LogP contribution in [0.4, 0.5) is 4.39 Å². The van der Waals surface area contributed by atoms with Gasteiger partial charge in [0.1, 0.15) is 5.75 Å². The summed E-state index contributed by atoms with van der Waals surface area (Å²) in [4.78, 5) is 0. The van der Waals surface area contributed by atoms with Gasteiger partial charge in [-0.3, -0.25) is 0 Å². The summed E-state index contributed by atoms with van der Waals surface area (Å²) < 4.78 is 17.6. The minimum Gasteiger partial charge on any atom is -0.494 e. The molecule has 0 aliphatic carbocycles. The Hall–Kier alpha value is -1.06. The van der Waals surface area contributed by atoms with Crippen molar-refractivity contribution >= 4 is 12.4 Å². The molecule has 0 saturated heterocycles. The maximum absolute atomic E-state index is 12.3. The SMILES string of the molecule is CCOc1ccc(C/C(=C/F)CN)cc1.Cl. The lowest BCUT2D eigenvalue weighted by atomic mass is 10.1. The summed E-state index contributed by atoms with van der Waals surface area (Å²) in [5.41, 5.74) is 7.01. The topological polar surface area (TPSA) is 35.2 Å². The van der Waals surface area contributed by atoms with Crippen molar-refractivity contribution in [1.82, 2.24) is 0 Å². The second-order valence-corrected chi connectivity index (χ2v) is 3.23. The molecule has 2 N–H and O–H groups in total. The first kappa shape index (κ1) is 14.9. The molecule has 90 valence electrons. The summed E-state index contributed by atoms with van der Waals surface area (Å²) >= 11 is 0. The van der Waals surface area contributed by atoms with Crippen LogP contribution in [-0.4, -0.2) is 13.2 Å². The summed E-state index contributed by atoms with van der Waals surface area (Å²) in [5.74, 6) is 0.833. The van der Waals surface area contributed by atoms with Crippen LogP contribution in [0.5, 0.6) is 5.75 Å². The molecule has 0 unspecified atom stereocenters. The molecule has 0 fully saturated rings. The smallest absolute Gasteiger partial charge is 0.119 e. The quantitative estimate of drug-likeness (QED) is 0.866. The van der Waals surface area contributed by atoms with Crippen LogP contribution in [0.15, 0.2) is 36.2 Å². The van der Waals surface area contributed by atoms with E-state index in [2.05, 4.69) is 0 Å². The van der Waals surface area contributed by atoms with E-state index in [1.54, 1.807) is 0 Å². The van der Waals surface area contributed by atoms with Gasteiger partial charge in [-0.05, 0) is 36.6 Å². The molecule has 1 rings (SSSR count). The molecule has 0 aliphatic heterocycles. The number of hydrogen-bond donors (Lipinski definition) is 1. The molecular formula is C12H17ClFNO. The molecule has 16 heavy (non-hydrogen) atoms. The molecule has 0 radical (unpaired) electrons. The zero-order valence-electron chi connectivity index (χ0n) is 9.28. The van der Waals surface area contributed by atoms with Crippen molar-refractivity contribution in [2.24, 2.45) is 5.73 Å². The van der Waals surface area contributed by atoms with Crippen LogP contribution in [0.1, 0.15) is 12.5 Å². The van der Waals surface area contributed by atoms with Gasteiger partial charge < -0.3 is 10.5 Å². The molecule has 0 bridgehead atoms. The molecule has 0 aliphatic rings. The molecule has 4 heteroatoms. The van der Waals surface area contributed by atoms with Crippen LogP contribution < -0.4 is 10.5 Å². The maximum atomic E-state index is 12.3. The summed E-state index contributed by atoms with van der Waals surface area (Å²) in [7, 11) is 0. The third-order valence-electron chi connectivity index (χ3n) is 2.08. The largest absolute Gasteiger partial charge is 0.494 e. The van der Waals surface area contributed by atoms with E-state index in [4.69, 9.17) is 10.5 Å². The van der Waals surface area contributed by atoms with Gasteiger partial charge in [-0.2, -0.15) is 0 Å². The highest BCUT2D eigenvalue weighted by Gasteiger charge is 1.99. The second-order valence-electron chi connectivity index (χ2n) is 3.23. The minimum absolute atomic E-state index is 0. The van der Waals surface area contributed by atoms with Crippen LogP contribution in [0.3, 0.4) is 0 Å². The summed E-state index contributed by atoms with van der Waals surface area (Å²) in [6, 6.07) is 7.60. The zero-order valence-corrected chi connectivity index (χ0v) is 10.1. The van der Waals surface area contributed by atoms with Gasteiger partial charge in [0.15, 0.2) is 0 Å². The highest BCUT2D eigenvalue weighted by molar-refractivity contribution is 5.85. The Balaban J connectivity index is 0.00000225. The highest BCUT2D eigenvalue weighted by Crippen LogP contribution is 2.14. The highest BCUT2D eigenvalue weighted by atomic mass is 35.5. The third-order valence-corrected chi connectivity index (χ3v) is 2.08. The maximum Gasteiger partial charge on any atom is 0.119 e. The van der Waals surface area contributed by atoms with Gasteiger partial charge in [0.2, 0.25) is 0 Å². The summed E-state index contributed by atoms with van der Waals surface area (Å²) in [5, 5.41) is 0. The summed E-state index contributed by atoms with van der Waals surface area (Å²) in [6.07, 6.45) is 1.13. The molecule has 0 saturated carbocycles. The minimum atomic E-state index is 0. The second kappa shape index (κ2) is 8.13. The monoisotopic (exact) mass is 245 g/mol. The summed E-state index contributed by atoms with van der Waals surface area (Å²) in [6.45, 7) is 2.84. The average molecular weight is 246 g/mol. The standard InChI is InChI=1S/C12H16FNO.ClH/c1-2-15-12-5-3-10(4-6-12)7-11(8-13)9-14;/h3-6,8H,2,7,9,14H2,1H3;1H/b11-8-;. The van der Waals surface area contributed by atoms with Gasteiger partial charge in [0, 0.05) is 6.54 Å². The van der Waals surface area contributed by atoms with Crippen LogP contribution in [0.25, 0.3) is 0 Å². The van der Waals surface area contributed by atoms with Gasteiger partial charge in [-0.1, -0.05) is 12.1 Å². The van der Waals surface area contributed by atoms with Gasteiger partial charge in [0.25, 0.3) is 0 Å². The van der Waals surface area contributed by atoms with E-state index in [0.29, 0.717) is 24.9 Å². The van der Waals surface area contributed by atoms with Crippen molar-refractivity contribution in [2.75, 3.05) is 13.2 Å². The first-order valence-electron chi connectivity index (χ1n) is 5.00. The number of halogens is 2. The molecule has 1 aromatic carbocycles. The van der Waals surface area contributed by atoms with E-state index in [0.717, 1.165) is 11.3 Å². The molecule has 0 spiro atoms. The lowest BCUT2D eigenvalue weighted by Gasteiger charge is -2.05. The van der Waals surface area contributed by atoms with E-state index in [1.165, 1.54) is 0 Å². The fourth-order valence-corrected chi connectivity index (χ4v) is 1.29. The van der Waals surface area contributed by atoms with Gasteiger partial charge in [-0.25, -0.2) is 4.39 Å². The number of benzene rings is 1. The van der Waals surface area contributed by atoms with E-state index in [9.17, 15) is 4.39 Å². The van der Waals surface area contributed by atoms with E-state index < -0.39 is 0 Å². The van der Waals surface area contributed by atoms with Gasteiger partial charge in [-0.15, -0.1) is 12.4 Å². The lowest BCUT2D eigenvalue weighted by molar-refractivity contribution is 0.340. The van der Waals surface area contributed by atoms with Gasteiger partial charge in [0.05, 0.1) is 12.9 Å².